The van der Waals surface area contributed by atoms with E-state index in [9.17, 15) is 4.79 Å². The molecule has 0 radical (unpaired) electrons. The molecule has 0 saturated carbocycles. The molecular weight excluding hydrogens is 430 g/mol. The number of primary amides is 1. The first-order valence-corrected chi connectivity index (χ1v) is 10.5. The second-order valence-corrected chi connectivity index (χ2v) is 8.41. The molecule has 0 fully saturated rings. The minimum atomic E-state index is -0.270. The van der Waals surface area contributed by atoms with Gasteiger partial charge in [0.25, 0.3) is 0 Å². The number of carbonyl (C=O) groups excluding carboxylic acids is 1. The second-order valence-electron chi connectivity index (χ2n) is 7.50. The Kier molecular flexibility index (Phi) is 5.97. The number of aromatic nitrogens is 2. The number of H-pyrrole nitrogens is 1. The molecular formula is C22H24BrN5O. The Morgan fingerprint density at radius 2 is 2.07 bits per heavy atom. The number of nitrogens with zero attached hydrogens (tertiary/aromatic N) is 2. The highest BCUT2D eigenvalue weighted by Crippen LogP contribution is 2.33. The molecule has 6 nitrogen and oxygen atoms in total. The third kappa shape index (κ3) is 4.86. The summed E-state index contributed by atoms with van der Waals surface area (Å²) in [5.41, 5.74) is 13.9. The van der Waals surface area contributed by atoms with E-state index in [4.69, 9.17) is 5.73 Å². The summed E-state index contributed by atoms with van der Waals surface area (Å²) in [4.78, 5) is 19.2. The van der Waals surface area contributed by atoms with E-state index in [1.807, 2.05) is 30.5 Å². The molecule has 150 valence electrons. The molecule has 1 aliphatic rings. The number of hydrogen-bond acceptors (Lipinski definition) is 4. The van der Waals surface area contributed by atoms with E-state index in [-0.39, 0.29) is 17.9 Å². The number of halogens is 1. The van der Waals surface area contributed by atoms with Crippen LogP contribution in [-0.4, -0.2) is 21.9 Å². The molecule has 4 rings (SSSR count). The van der Waals surface area contributed by atoms with Gasteiger partial charge in [0.1, 0.15) is 0 Å². The van der Waals surface area contributed by atoms with Crippen LogP contribution in [0.1, 0.15) is 23.2 Å². The molecule has 3 aromatic rings. The van der Waals surface area contributed by atoms with Gasteiger partial charge in [-0.2, -0.15) is 0 Å². The molecule has 7 heteroatoms. The summed E-state index contributed by atoms with van der Waals surface area (Å²) in [6.45, 7) is 0.642. The van der Waals surface area contributed by atoms with Crippen molar-refractivity contribution < 1.29 is 4.79 Å². The summed E-state index contributed by atoms with van der Waals surface area (Å²) in [6.07, 6.45) is 5.45. The number of aromatic amines is 1. The fourth-order valence-corrected chi connectivity index (χ4v) is 4.41. The van der Waals surface area contributed by atoms with E-state index in [0.29, 0.717) is 13.0 Å². The van der Waals surface area contributed by atoms with Crippen LogP contribution in [0.2, 0.25) is 0 Å². The van der Waals surface area contributed by atoms with Gasteiger partial charge in [-0.25, -0.2) is 10.4 Å². The molecule has 0 bridgehead atoms. The first kappa shape index (κ1) is 19.7. The molecule has 2 atom stereocenters. The second kappa shape index (κ2) is 8.80. The van der Waals surface area contributed by atoms with Crippen molar-refractivity contribution in [1.29, 1.82) is 0 Å². The van der Waals surface area contributed by atoms with Crippen molar-refractivity contribution in [2.24, 2.45) is 11.7 Å². The highest BCUT2D eigenvalue weighted by molar-refractivity contribution is 9.10. The minimum Gasteiger partial charge on any atom is -0.370 e. The van der Waals surface area contributed by atoms with Gasteiger partial charge in [0.15, 0.2) is 0 Å². The first-order chi connectivity index (χ1) is 14.1. The number of carbonyl (C=O) groups is 1. The number of nitrogens with one attached hydrogen (secondary N) is 2. The molecule has 1 amide bonds. The number of anilines is 1. The Morgan fingerprint density at radius 3 is 2.79 bits per heavy atom. The molecule has 2 aromatic carbocycles. The zero-order valence-electron chi connectivity index (χ0n) is 16.0. The van der Waals surface area contributed by atoms with Crippen LogP contribution in [0.5, 0.6) is 0 Å². The molecule has 29 heavy (non-hydrogen) atoms. The average Bonchev–Trinajstić information content (AvgIpc) is 3.16. The van der Waals surface area contributed by atoms with Gasteiger partial charge in [0.2, 0.25) is 5.91 Å². The summed E-state index contributed by atoms with van der Waals surface area (Å²) in [7, 11) is 0. The van der Waals surface area contributed by atoms with E-state index >= 15 is 0 Å². The van der Waals surface area contributed by atoms with Gasteiger partial charge in [-0.3, -0.25) is 4.79 Å². The van der Waals surface area contributed by atoms with Crippen LogP contribution in [0.15, 0.2) is 65.5 Å². The highest BCUT2D eigenvalue weighted by Gasteiger charge is 2.31. The first-order valence-electron chi connectivity index (χ1n) is 9.70. The molecule has 4 N–H and O–H groups in total. The van der Waals surface area contributed by atoms with Crippen molar-refractivity contribution in [2.45, 2.75) is 31.8 Å². The number of fused-ring (bicyclic) bond motifs is 1. The Labute approximate surface area is 178 Å². The molecule has 2 heterocycles. The number of imidazole rings is 1. The van der Waals surface area contributed by atoms with Crippen molar-refractivity contribution in [2.75, 3.05) is 5.01 Å². The Morgan fingerprint density at radius 1 is 1.24 bits per heavy atom. The highest BCUT2D eigenvalue weighted by atomic mass is 79.9. The Bertz CT molecular complexity index is 961. The van der Waals surface area contributed by atoms with Gasteiger partial charge >= 0.3 is 0 Å². The SMILES string of the molecule is NC(=O)CC1Cc2cc(Br)ccc2N(Cc2cnc[nH]2)NC1Cc1ccccc1. The van der Waals surface area contributed by atoms with E-state index in [1.165, 1.54) is 11.1 Å². The minimum absolute atomic E-state index is 0.0685. The number of amides is 1. The number of rotatable bonds is 6. The third-order valence-corrected chi connectivity index (χ3v) is 5.84. The summed E-state index contributed by atoms with van der Waals surface area (Å²) < 4.78 is 1.03. The van der Waals surface area contributed by atoms with Crippen molar-refractivity contribution in [3.05, 3.63) is 82.3 Å². The third-order valence-electron chi connectivity index (χ3n) is 5.35. The van der Waals surface area contributed by atoms with Gasteiger partial charge in [0, 0.05) is 23.1 Å². The lowest BCUT2D eigenvalue weighted by Gasteiger charge is -2.31. The van der Waals surface area contributed by atoms with Crippen molar-refractivity contribution >= 4 is 27.5 Å². The lowest BCUT2D eigenvalue weighted by molar-refractivity contribution is -0.119. The zero-order valence-corrected chi connectivity index (χ0v) is 17.6. The molecule has 0 saturated heterocycles. The van der Waals surface area contributed by atoms with Crippen LogP contribution in [-0.2, 0) is 24.2 Å². The summed E-state index contributed by atoms with van der Waals surface area (Å²) in [5.74, 6) is -0.180. The van der Waals surface area contributed by atoms with Gasteiger partial charge in [-0.1, -0.05) is 46.3 Å². The predicted molar refractivity (Wildman–Crippen MR) is 117 cm³/mol. The maximum absolute atomic E-state index is 11.9. The summed E-state index contributed by atoms with van der Waals surface area (Å²) in [6, 6.07) is 16.7. The molecule has 2 unspecified atom stereocenters. The Hall–Kier alpha value is -2.64. The zero-order chi connectivity index (χ0) is 20.2. The van der Waals surface area contributed by atoms with Crippen LogP contribution in [0, 0.1) is 5.92 Å². The van der Waals surface area contributed by atoms with Crippen LogP contribution in [0.25, 0.3) is 0 Å². The van der Waals surface area contributed by atoms with E-state index < -0.39 is 0 Å². The van der Waals surface area contributed by atoms with Crippen LogP contribution >= 0.6 is 15.9 Å². The standard InChI is InChI=1S/C22H24BrN5O/c23-18-6-7-21-17(10-18)9-16(11-22(24)29)20(8-15-4-2-1-3-5-15)27-28(21)13-19-12-25-14-26-19/h1-7,10,12,14,16,20,27H,8-9,11,13H2,(H2,24,29)(H,25,26). The molecule has 0 aliphatic carbocycles. The topological polar surface area (TPSA) is 87.0 Å². The quantitative estimate of drug-likeness (QED) is 0.533. The predicted octanol–water partition coefficient (Wildman–Crippen LogP) is 3.34. The molecule has 0 spiro atoms. The maximum atomic E-state index is 11.9. The number of benzene rings is 2. The van der Waals surface area contributed by atoms with Crippen LogP contribution in [0.4, 0.5) is 5.69 Å². The van der Waals surface area contributed by atoms with Gasteiger partial charge in [-0.15, -0.1) is 0 Å². The Balaban J connectivity index is 1.70. The van der Waals surface area contributed by atoms with Gasteiger partial charge in [0.05, 0.1) is 24.3 Å². The number of hydrazine groups is 1. The maximum Gasteiger partial charge on any atom is 0.217 e. The summed E-state index contributed by atoms with van der Waals surface area (Å²) in [5, 5.41) is 2.16. The fourth-order valence-electron chi connectivity index (χ4n) is 4.01. The number of nitrogens with two attached hydrogens (primary N) is 1. The average molecular weight is 454 g/mol. The van der Waals surface area contributed by atoms with Crippen LogP contribution in [0.3, 0.4) is 0 Å². The van der Waals surface area contributed by atoms with Gasteiger partial charge in [-0.05, 0) is 48.1 Å². The van der Waals surface area contributed by atoms with E-state index in [0.717, 1.165) is 28.7 Å². The monoisotopic (exact) mass is 453 g/mol. The fraction of sp³-hybridized carbons (Fsp3) is 0.273. The number of hydrogen-bond donors (Lipinski definition) is 3. The van der Waals surface area contributed by atoms with Crippen molar-refractivity contribution in [3.63, 3.8) is 0 Å². The van der Waals surface area contributed by atoms with E-state index in [2.05, 4.69) is 60.6 Å². The van der Waals surface area contributed by atoms with Crippen molar-refractivity contribution in [3.8, 4) is 0 Å². The lowest BCUT2D eigenvalue weighted by atomic mass is 9.86. The smallest absolute Gasteiger partial charge is 0.217 e. The summed E-state index contributed by atoms with van der Waals surface area (Å²) >= 11 is 3.59. The lowest BCUT2D eigenvalue weighted by Crippen LogP contribution is -2.48. The van der Waals surface area contributed by atoms with E-state index in [1.54, 1.807) is 6.33 Å². The largest absolute Gasteiger partial charge is 0.370 e. The van der Waals surface area contributed by atoms with Crippen molar-refractivity contribution in [1.82, 2.24) is 15.4 Å². The normalized spacial score (nSPS) is 18.9. The molecule has 1 aliphatic heterocycles. The van der Waals surface area contributed by atoms with Gasteiger partial charge < -0.3 is 15.7 Å². The molecule has 1 aromatic heterocycles. The van der Waals surface area contributed by atoms with Crippen LogP contribution < -0.4 is 16.2 Å².